The number of nitrogens with zero attached hydrogens (tertiary/aromatic N) is 3. The first-order chi connectivity index (χ1) is 16.7. The van der Waals surface area contributed by atoms with Gasteiger partial charge in [0.25, 0.3) is 0 Å². The number of imidazole rings is 1. The smallest absolute Gasteiger partial charge is 0.106 e. The summed E-state index contributed by atoms with van der Waals surface area (Å²) in [4.78, 5) is 4.70. The number of benzene rings is 3. The van der Waals surface area contributed by atoms with Crippen molar-refractivity contribution < 1.29 is 0 Å². The predicted octanol–water partition coefficient (Wildman–Crippen LogP) is 6.45. The molecule has 3 atom stereocenters. The van der Waals surface area contributed by atoms with Crippen LogP contribution in [0.25, 0.3) is 0 Å². The molecule has 0 bridgehead atoms. The molecule has 34 heavy (non-hydrogen) atoms. The average molecular weight is 447 g/mol. The number of aryl methyl sites for hydroxylation is 2. The molecule has 5 rings (SSSR count). The zero-order chi connectivity index (χ0) is 23.3. The highest BCUT2D eigenvalue weighted by molar-refractivity contribution is 5.34. The first-order valence-electron chi connectivity index (χ1n) is 12.1. The van der Waals surface area contributed by atoms with Crippen molar-refractivity contribution in [1.29, 1.82) is 5.26 Å². The number of nitriles is 1. The lowest BCUT2D eigenvalue weighted by atomic mass is 9.91. The van der Waals surface area contributed by atoms with Gasteiger partial charge in [-0.15, -0.1) is 0 Å². The van der Waals surface area contributed by atoms with Crippen molar-refractivity contribution in [3.05, 3.63) is 125 Å². The van der Waals surface area contributed by atoms with Crippen molar-refractivity contribution in [2.24, 2.45) is 0 Å². The molecule has 4 heteroatoms. The second kappa shape index (κ2) is 10.1. The third-order valence-corrected chi connectivity index (χ3v) is 7.00. The van der Waals surface area contributed by atoms with Crippen LogP contribution in [-0.2, 0) is 6.42 Å². The lowest BCUT2D eigenvalue weighted by Gasteiger charge is -2.35. The predicted molar refractivity (Wildman–Crippen MR) is 135 cm³/mol. The van der Waals surface area contributed by atoms with Crippen LogP contribution in [0.4, 0.5) is 0 Å². The van der Waals surface area contributed by atoms with Crippen molar-refractivity contribution in [3.8, 4) is 6.07 Å². The molecule has 0 fully saturated rings. The highest BCUT2D eigenvalue weighted by atomic mass is 15.2. The molecule has 3 aromatic carbocycles. The van der Waals surface area contributed by atoms with E-state index in [0.29, 0.717) is 5.56 Å². The van der Waals surface area contributed by atoms with Crippen LogP contribution in [0.15, 0.2) is 91.1 Å². The quantitative estimate of drug-likeness (QED) is 0.355. The first-order valence-corrected chi connectivity index (χ1v) is 12.1. The zero-order valence-electron chi connectivity index (χ0n) is 19.6. The lowest BCUT2D eigenvalue weighted by molar-refractivity contribution is 0.322. The topological polar surface area (TPSA) is 53.6 Å². The molecular weight excluding hydrogens is 416 g/mol. The summed E-state index contributed by atoms with van der Waals surface area (Å²) < 4.78 is 2.39. The summed E-state index contributed by atoms with van der Waals surface area (Å²) in [6.07, 6.45) is 6.20. The molecule has 4 aromatic rings. The summed E-state index contributed by atoms with van der Waals surface area (Å²) in [5.41, 5.74) is 5.89. The van der Waals surface area contributed by atoms with Gasteiger partial charge in [-0.05, 0) is 61.4 Å². The van der Waals surface area contributed by atoms with E-state index in [2.05, 4.69) is 95.7 Å². The van der Waals surface area contributed by atoms with Crippen LogP contribution in [0, 0.1) is 18.3 Å². The molecule has 0 saturated heterocycles. The van der Waals surface area contributed by atoms with Crippen LogP contribution in [0.2, 0.25) is 0 Å². The first kappa shape index (κ1) is 22.1. The number of hydrogen-bond donors (Lipinski definition) is 1. The summed E-state index contributed by atoms with van der Waals surface area (Å²) in [5, 5.41) is 13.2. The van der Waals surface area contributed by atoms with E-state index in [0.717, 1.165) is 31.5 Å². The van der Waals surface area contributed by atoms with Crippen LogP contribution in [0.5, 0.6) is 0 Å². The van der Waals surface area contributed by atoms with Gasteiger partial charge in [-0.25, -0.2) is 4.98 Å². The van der Waals surface area contributed by atoms with Crippen LogP contribution in [-0.4, -0.2) is 9.55 Å². The van der Waals surface area contributed by atoms with Crippen LogP contribution >= 0.6 is 0 Å². The Bertz CT molecular complexity index is 1250. The van der Waals surface area contributed by atoms with Crippen LogP contribution in [0.3, 0.4) is 0 Å². The fourth-order valence-electron chi connectivity index (χ4n) is 5.23. The maximum atomic E-state index is 9.16. The third-order valence-electron chi connectivity index (χ3n) is 7.00. The van der Waals surface area contributed by atoms with Crippen molar-refractivity contribution in [2.45, 2.75) is 50.7 Å². The van der Waals surface area contributed by atoms with Gasteiger partial charge in [-0.3, -0.25) is 0 Å². The Kier molecular flexibility index (Phi) is 6.56. The molecule has 0 radical (unpaired) electrons. The Labute approximate surface area is 201 Å². The van der Waals surface area contributed by atoms with Gasteiger partial charge in [0, 0.05) is 12.1 Å². The van der Waals surface area contributed by atoms with E-state index >= 15 is 0 Å². The van der Waals surface area contributed by atoms with Gasteiger partial charge in [-0.1, -0.05) is 72.8 Å². The van der Waals surface area contributed by atoms with E-state index in [1.807, 2.05) is 18.3 Å². The maximum Gasteiger partial charge on any atom is 0.106 e. The van der Waals surface area contributed by atoms with Crippen LogP contribution in [0.1, 0.15) is 71.2 Å². The molecule has 2 heterocycles. The molecule has 1 aromatic heterocycles. The van der Waals surface area contributed by atoms with E-state index < -0.39 is 0 Å². The Morgan fingerprint density at radius 1 is 0.971 bits per heavy atom. The number of fused-ring (bicyclic) bond motifs is 1. The number of rotatable bonds is 7. The van der Waals surface area contributed by atoms with Gasteiger partial charge in [0.1, 0.15) is 5.82 Å². The van der Waals surface area contributed by atoms with Gasteiger partial charge >= 0.3 is 0 Å². The van der Waals surface area contributed by atoms with Gasteiger partial charge in [0.05, 0.1) is 29.6 Å². The second-order valence-corrected chi connectivity index (χ2v) is 9.13. The lowest BCUT2D eigenvalue weighted by Crippen LogP contribution is -2.33. The molecule has 170 valence electrons. The minimum absolute atomic E-state index is 0.247. The summed E-state index contributed by atoms with van der Waals surface area (Å²) in [6.45, 7) is 2.09. The van der Waals surface area contributed by atoms with E-state index in [-0.39, 0.29) is 18.1 Å². The van der Waals surface area contributed by atoms with E-state index in [9.17, 15) is 0 Å². The number of hydrogen-bond acceptors (Lipinski definition) is 3. The molecule has 0 amide bonds. The Balaban J connectivity index is 1.40. The molecule has 4 nitrogen and oxygen atoms in total. The minimum Gasteiger partial charge on any atom is -0.323 e. The van der Waals surface area contributed by atoms with Crippen molar-refractivity contribution in [1.82, 2.24) is 14.9 Å². The molecule has 1 aliphatic heterocycles. The normalized spacial score (nSPS) is 18.1. The standard InChI is InChI=1S/C30H30N4/c1-22-32-21-30-28(18-19-29(34(22)30)26-15-12-24(20-31)13-16-26)33-27(25-10-6-3-7-11-25)17-14-23-8-4-2-5-9-23/h2-13,15-16,21,27-29,33H,14,17-19H2,1H3. The molecule has 0 saturated carbocycles. The highest BCUT2D eigenvalue weighted by Gasteiger charge is 2.31. The highest BCUT2D eigenvalue weighted by Crippen LogP contribution is 2.38. The fraction of sp³-hybridized carbons (Fsp3) is 0.267. The zero-order valence-corrected chi connectivity index (χ0v) is 19.6. The summed E-state index contributed by atoms with van der Waals surface area (Å²) in [6, 6.07) is 32.5. The molecule has 3 unspecified atom stereocenters. The second-order valence-electron chi connectivity index (χ2n) is 9.13. The number of nitrogens with one attached hydrogen (secondary N) is 1. The number of aromatic nitrogens is 2. The average Bonchev–Trinajstić information content (AvgIpc) is 3.30. The van der Waals surface area contributed by atoms with Gasteiger partial charge < -0.3 is 9.88 Å². The monoisotopic (exact) mass is 446 g/mol. The summed E-state index contributed by atoms with van der Waals surface area (Å²) in [7, 11) is 0. The van der Waals surface area contributed by atoms with E-state index in [1.165, 1.54) is 22.4 Å². The minimum atomic E-state index is 0.247. The maximum absolute atomic E-state index is 9.16. The molecule has 0 aliphatic carbocycles. The molecule has 1 aliphatic rings. The SMILES string of the molecule is Cc1ncc2n1C(c1ccc(C#N)cc1)CCC2NC(CCc1ccccc1)c1ccccc1. The summed E-state index contributed by atoms with van der Waals surface area (Å²) >= 11 is 0. The van der Waals surface area contributed by atoms with Gasteiger partial charge in [-0.2, -0.15) is 5.26 Å². The molecule has 0 spiro atoms. The molecule has 1 N–H and O–H groups in total. The largest absolute Gasteiger partial charge is 0.323 e. The molecular formula is C30H30N4. The van der Waals surface area contributed by atoms with Gasteiger partial charge in [0.2, 0.25) is 0 Å². The third kappa shape index (κ3) is 4.66. The Hall–Kier alpha value is -3.68. The van der Waals surface area contributed by atoms with E-state index in [4.69, 9.17) is 10.2 Å². The van der Waals surface area contributed by atoms with E-state index in [1.54, 1.807) is 0 Å². The Morgan fingerprint density at radius 3 is 2.38 bits per heavy atom. The fourth-order valence-corrected chi connectivity index (χ4v) is 5.23. The van der Waals surface area contributed by atoms with Crippen LogP contribution < -0.4 is 5.32 Å². The van der Waals surface area contributed by atoms with Crippen molar-refractivity contribution in [3.63, 3.8) is 0 Å². The summed E-state index contributed by atoms with van der Waals surface area (Å²) in [5.74, 6) is 1.04. The van der Waals surface area contributed by atoms with Gasteiger partial charge in [0.15, 0.2) is 0 Å². The van der Waals surface area contributed by atoms with Crippen molar-refractivity contribution >= 4 is 0 Å². The Morgan fingerprint density at radius 2 is 1.68 bits per heavy atom. The van der Waals surface area contributed by atoms with Crippen molar-refractivity contribution in [2.75, 3.05) is 0 Å².